The molecular formula is C15H29IN6O2S. The zero-order valence-electron chi connectivity index (χ0n) is 15.3. The van der Waals surface area contributed by atoms with Crippen molar-refractivity contribution >= 4 is 40.0 Å². The van der Waals surface area contributed by atoms with Gasteiger partial charge in [-0.25, -0.2) is 12.7 Å². The molecule has 0 atom stereocenters. The molecule has 1 aliphatic rings. The fraction of sp³-hybridized carbons (Fsp3) is 0.733. The molecule has 10 heteroatoms. The predicted octanol–water partition coefficient (Wildman–Crippen LogP) is 0.717. The highest BCUT2D eigenvalue weighted by atomic mass is 127. The van der Waals surface area contributed by atoms with Gasteiger partial charge in [-0.05, 0) is 18.8 Å². The van der Waals surface area contributed by atoms with Gasteiger partial charge in [0.1, 0.15) is 0 Å². The Kier molecular flexibility index (Phi) is 8.61. The van der Waals surface area contributed by atoms with Crippen LogP contribution >= 0.6 is 24.0 Å². The van der Waals surface area contributed by atoms with Gasteiger partial charge in [0.05, 0.1) is 12.5 Å². The van der Waals surface area contributed by atoms with Crippen LogP contribution in [0.25, 0.3) is 0 Å². The third-order valence-corrected chi connectivity index (χ3v) is 5.65. The van der Waals surface area contributed by atoms with E-state index in [1.165, 1.54) is 6.26 Å². The smallest absolute Gasteiger partial charge is 0.211 e. The first-order chi connectivity index (χ1) is 11.3. The maximum atomic E-state index is 11.5. The first kappa shape index (κ1) is 22.2. The first-order valence-electron chi connectivity index (χ1n) is 8.14. The molecule has 144 valence electrons. The van der Waals surface area contributed by atoms with Gasteiger partial charge in [0.2, 0.25) is 10.0 Å². The average Bonchev–Trinajstić information content (AvgIpc) is 2.92. The van der Waals surface area contributed by atoms with Gasteiger partial charge in [0, 0.05) is 59.1 Å². The van der Waals surface area contributed by atoms with Crippen LogP contribution in [0.15, 0.2) is 17.4 Å². The molecule has 1 N–H and O–H groups in total. The molecule has 25 heavy (non-hydrogen) atoms. The number of nitrogens with one attached hydrogen (secondary N) is 1. The van der Waals surface area contributed by atoms with E-state index in [0.29, 0.717) is 19.0 Å². The number of hydrogen-bond acceptors (Lipinski definition) is 4. The zero-order chi connectivity index (χ0) is 17.7. The fourth-order valence-electron chi connectivity index (χ4n) is 2.97. The summed E-state index contributed by atoms with van der Waals surface area (Å²) in [6.07, 6.45) is 6.88. The molecule has 0 unspecified atom stereocenters. The van der Waals surface area contributed by atoms with Crippen LogP contribution in [-0.2, 0) is 23.6 Å². The van der Waals surface area contributed by atoms with E-state index in [2.05, 4.69) is 20.3 Å². The number of rotatable bonds is 5. The van der Waals surface area contributed by atoms with Crippen LogP contribution in [0.5, 0.6) is 0 Å². The van der Waals surface area contributed by atoms with Crippen LogP contribution in [0.3, 0.4) is 0 Å². The molecule has 1 aromatic rings. The Bertz CT molecular complexity index is 667. The Morgan fingerprint density at radius 3 is 2.56 bits per heavy atom. The SMILES string of the molecule is CN=C(NCC1CCN(S(C)(=O)=O)CC1)N(C)Cc1cnn(C)c1.I. The summed E-state index contributed by atoms with van der Waals surface area (Å²) in [6, 6.07) is 0. The normalized spacial score (nSPS) is 17.2. The predicted molar refractivity (Wildman–Crippen MR) is 111 cm³/mol. The molecule has 0 saturated carbocycles. The van der Waals surface area contributed by atoms with Gasteiger partial charge >= 0.3 is 0 Å². The topological polar surface area (TPSA) is 82.8 Å². The highest BCUT2D eigenvalue weighted by Crippen LogP contribution is 2.18. The van der Waals surface area contributed by atoms with Crippen molar-refractivity contribution in [2.45, 2.75) is 19.4 Å². The van der Waals surface area contributed by atoms with Crippen LogP contribution in [0.1, 0.15) is 18.4 Å². The molecule has 0 spiro atoms. The van der Waals surface area contributed by atoms with Crippen molar-refractivity contribution in [2.24, 2.45) is 18.0 Å². The van der Waals surface area contributed by atoms with E-state index in [0.717, 1.165) is 37.5 Å². The lowest BCUT2D eigenvalue weighted by molar-refractivity contribution is 0.273. The summed E-state index contributed by atoms with van der Waals surface area (Å²) < 4.78 is 26.4. The van der Waals surface area contributed by atoms with E-state index < -0.39 is 10.0 Å². The number of aromatic nitrogens is 2. The summed E-state index contributed by atoms with van der Waals surface area (Å²) >= 11 is 0. The number of sulfonamides is 1. The molecule has 2 heterocycles. The number of halogens is 1. The molecule has 0 amide bonds. The average molecular weight is 484 g/mol. The molecule has 0 aliphatic carbocycles. The minimum absolute atomic E-state index is 0. The zero-order valence-corrected chi connectivity index (χ0v) is 18.5. The van der Waals surface area contributed by atoms with Gasteiger partial charge < -0.3 is 10.2 Å². The van der Waals surface area contributed by atoms with Crippen LogP contribution in [0.4, 0.5) is 0 Å². The second kappa shape index (κ2) is 9.72. The number of aliphatic imine (C=N–C) groups is 1. The van der Waals surface area contributed by atoms with Gasteiger partial charge in [-0.3, -0.25) is 9.67 Å². The second-order valence-corrected chi connectivity index (χ2v) is 8.39. The quantitative estimate of drug-likeness (QED) is 0.379. The van der Waals surface area contributed by atoms with Crippen molar-refractivity contribution in [1.82, 2.24) is 24.3 Å². The van der Waals surface area contributed by atoms with Crippen molar-refractivity contribution in [2.75, 3.05) is 40.0 Å². The number of piperidine rings is 1. The standard InChI is InChI=1S/C15H28N6O2S.HI/c1-16-15(19(2)11-14-10-18-20(3)12-14)17-9-13-5-7-21(8-6-13)24(4,22)23;/h10,12-13H,5-9,11H2,1-4H3,(H,16,17);1H. The molecule has 0 radical (unpaired) electrons. The van der Waals surface area contributed by atoms with Crippen molar-refractivity contribution in [3.8, 4) is 0 Å². The minimum atomic E-state index is -3.06. The van der Waals surface area contributed by atoms with Gasteiger partial charge in [-0.2, -0.15) is 5.10 Å². The number of nitrogens with zero attached hydrogens (tertiary/aromatic N) is 5. The van der Waals surface area contributed by atoms with Crippen LogP contribution < -0.4 is 5.32 Å². The van der Waals surface area contributed by atoms with E-state index >= 15 is 0 Å². The summed E-state index contributed by atoms with van der Waals surface area (Å²) in [5, 5.41) is 7.58. The lowest BCUT2D eigenvalue weighted by atomic mass is 9.98. The molecule has 1 aromatic heterocycles. The lowest BCUT2D eigenvalue weighted by Crippen LogP contribution is -2.44. The molecule has 1 aliphatic heterocycles. The monoisotopic (exact) mass is 484 g/mol. The van der Waals surface area contributed by atoms with Crippen molar-refractivity contribution in [3.05, 3.63) is 18.0 Å². The number of hydrogen-bond donors (Lipinski definition) is 1. The maximum absolute atomic E-state index is 11.5. The molecule has 8 nitrogen and oxygen atoms in total. The van der Waals surface area contributed by atoms with E-state index in [1.807, 2.05) is 26.5 Å². The summed E-state index contributed by atoms with van der Waals surface area (Å²) in [7, 11) is 2.61. The Labute approximate surface area is 167 Å². The van der Waals surface area contributed by atoms with E-state index in [9.17, 15) is 8.42 Å². The third kappa shape index (κ3) is 6.74. The molecule has 1 saturated heterocycles. The van der Waals surface area contributed by atoms with Gasteiger partial charge in [-0.1, -0.05) is 0 Å². The van der Waals surface area contributed by atoms with Crippen molar-refractivity contribution in [3.63, 3.8) is 0 Å². The van der Waals surface area contributed by atoms with Crippen LogP contribution in [-0.4, -0.2) is 73.3 Å². The van der Waals surface area contributed by atoms with Crippen molar-refractivity contribution in [1.29, 1.82) is 0 Å². The van der Waals surface area contributed by atoms with Gasteiger partial charge in [0.25, 0.3) is 0 Å². The Morgan fingerprint density at radius 1 is 1.44 bits per heavy atom. The van der Waals surface area contributed by atoms with Gasteiger partial charge in [-0.15, -0.1) is 24.0 Å². The van der Waals surface area contributed by atoms with Gasteiger partial charge in [0.15, 0.2) is 5.96 Å². The van der Waals surface area contributed by atoms with E-state index in [-0.39, 0.29) is 24.0 Å². The lowest BCUT2D eigenvalue weighted by Gasteiger charge is -2.31. The first-order valence-corrected chi connectivity index (χ1v) is 9.99. The molecule has 2 rings (SSSR count). The molecule has 0 bridgehead atoms. The summed E-state index contributed by atoms with van der Waals surface area (Å²) in [4.78, 5) is 6.39. The highest BCUT2D eigenvalue weighted by Gasteiger charge is 2.25. The fourth-order valence-corrected chi connectivity index (χ4v) is 3.84. The molecule has 0 aromatic carbocycles. The second-order valence-electron chi connectivity index (χ2n) is 6.41. The van der Waals surface area contributed by atoms with E-state index in [1.54, 1.807) is 16.0 Å². The largest absolute Gasteiger partial charge is 0.356 e. The summed E-state index contributed by atoms with van der Waals surface area (Å²) in [6.45, 7) is 2.76. The molecule has 1 fully saturated rings. The molecular weight excluding hydrogens is 455 g/mol. The Balaban J connectivity index is 0.00000312. The third-order valence-electron chi connectivity index (χ3n) is 4.34. The number of aryl methyl sites for hydroxylation is 1. The number of guanidine groups is 1. The Hall–Kier alpha value is -0.880. The summed E-state index contributed by atoms with van der Waals surface area (Å²) in [5.74, 6) is 1.30. The minimum Gasteiger partial charge on any atom is -0.356 e. The van der Waals surface area contributed by atoms with E-state index in [4.69, 9.17) is 0 Å². The highest BCUT2D eigenvalue weighted by molar-refractivity contribution is 14.0. The summed E-state index contributed by atoms with van der Waals surface area (Å²) in [5.41, 5.74) is 1.13. The van der Waals surface area contributed by atoms with Crippen LogP contribution in [0, 0.1) is 5.92 Å². The van der Waals surface area contributed by atoms with Crippen LogP contribution in [0.2, 0.25) is 0 Å². The Morgan fingerprint density at radius 2 is 2.08 bits per heavy atom. The van der Waals surface area contributed by atoms with Crippen molar-refractivity contribution < 1.29 is 8.42 Å². The maximum Gasteiger partial charge on any atom is 0.211 e.